The van der Waals surface area contributed by atoms with E-state index in [1.54, 1.807) is 6.08 Å². The fraction of sp³-hybridized carbons (Fsp3) is 0.679. The second-order valence-electron chi connectivity index (χ2n) is 12.2. The number of fused-ring (bicyclic) bond motifs is 9. The third-order valence-electron chi connectivity index (χ3n) is 10.8. The van der Waals surface area contributed by atoms with Crippen LogP contribution in [0.2, 0.25) is 0 Å². The monoisotopic (exact) mass is 466 g/mol. The number of hydrogen-bond acceptors (Lipinski definition) is 6. The van der Waals surface area contributed by atoms with E-state index >= 15 is 0 Å². The van der Waals surface area contributed by atoms with E-state index in [4.69, 9.17) is 14.2 Å². The van der Waals surface area contributed by atoms with E-state index < -0.39 is 22.9 Å². The lowest BCUT2D eigenvalue weighted by atomic mass is 9.48. The third kappa shape index (κ3) is 2.42. The molecular weight excluding hydrogens is 432 g/mol. The van der Waals surface area contributed by atoms with E-state index in [1.807, 2.05) is 19.9 Å². The molecule has 11 atom stereocenters. The van der Waals surface area contributed by atoms with Gasteiger partial charge < -0.3 is 24.4 Å². The summed E-state index contributed by atoms with van der Waals surface area (Å²) in [5.41, 5.74) is 0.920. The predicted molar refractivity (Wildman–Crippen MR) is 123 cm³/mol. The van der Waals surface area contributed by atoms with Crippen LogP contribution in [0, 0.1) is 11.3 Å². The normalized spacial score (nSPS) is 53.1. The first-order chi connectivity index (χ1) is 16.0. The summed E-state index contributed by atoms with van der Waals surface area (Å²) in [6.45, 7) is 8.10. The van der Waals surface area contributed by atoms with Crippen LogP contribution in [0.15, 0.2) is 30.4 Å². The average molecular weight is 467 g/mol. The van der Waals surface area contributed by atoms with Gasteiger partial charge in [0.2, 0.25) is 0 Å². The van der Waals surface area contributed by atoms with Gasteiger partial charge in [-0.1, -0.05) is 31.2 Å². The summed E-state index contributed by atoms with van der Waals surface area (Å²) in [5, 5.41) is 22.1. The number of ether oxygens (including phenoxy) is 3. The fourth-order valence-electron chi connectivity index (χ4n) is 8.09. The van der Waals surface area contributed by atoms with Gasteiger partial charge in [0.15, 0.2) is 12.1 Å². The van der Waals surface area contributed by atoms with E-state index in [-0.39, 0.29) is 47.4 Å². The highest BCUT2D eigenvalue weighted by molar-refractivity contribution is 5.97. The van der Waals surface area contributed by atoms with Gasteiger partial charge in [0, 0.05) is 18.3 Å². The molecule has 2 N–H and O–H groups in total. The molecule has 3 aliphatic carbocycles. The van der Waals surface area contributed by atoms with Crippen LogP contribution in [0.25, 0.3) is 0 Å². The second-order valence-corrected chi connectivity index (χ2v) is 12.2. The molecule has 7 rings (SSSR count). The summed E-state index contributed by atoms with van der Waals surface area (Å²) >= 11 is 0. The van der Waals surface area contributed by atoms with E-state index in [9.17, 15) is 15.0 Å². The summed E-state index contributed by atoms with van der Waals surface area (Å²) < 4.78 is 18.0. The zero-order valence-corrected chi connectivity index (χ0v) is 20.3. The van der Waals surface area contributed by atoms with Crippen molar-refractivity contribution in [3.63, 3.8) is 0 Å². The van der Waals surface area contributed by atoms with Crippen molar-refractivity contribution in [3.8, 4) is 0 Å². The Balaban J connectivity index is 1.20. The van der Waals surface area contributed by atoms with E-state index in [2.05, 4.69) is 32.0 Å². The molecule has 3 heterocycles. The van der Waals surface area contributed by atoms with Gasteiger partial charge in [-0.05, 0) is 68.7 Å². The minimum absolute atomic E-state index is 0.0221. The molecule has 0 bridgehead atoms. The average Bonchev–Trinajstić information content (AvgIpc) is 3.70. The number of epoxide rings is 2. The van der Waals surface area contributed by atoms with Crippen LogP contribution in [0.5, 0.6) is 0 Å². The highest BCUT2D eigenvalue weighted by Crippen LogP contribution is 2.66. The molecule has 0 amide bonds. The van der Waals surface area contributed by atoms with E-state index in [1.165, 1.54) is 16.7 Å². The van der Waals surface area contributed by atoms with Gasteiger partial charge >= 0.3 is 0 Å². The number of aliphatic hydroxyl groups is 2. The number of carbonyl (C=O) groups excluding carboxylic acids is 1. The Morgan fingerprint density at radius 2 is 1.97 bits per heavy atom. The maximum Gasteiger partial charge on any atom is 0.186 e. The molecule has 182 valence electrons. The van der Waals surface area contributed by atoms with Crippen LogP contribution < -0.4 is 0 Å². The Kier molecular flexibility index (Phi) is 4.08. The number of carbonyl (C=O) groups is 1. The molecule has 0 radical (unpaired) electrons. The Morgan fingerprint density at radius 3 is 2.74 bits per heavy atom. The minimum atomic E-state index is -1.11. The lowest BCUT2D eigenvalue weighted by Crippen LogP contribution is -2.65. The Bertz CT molecular complexity index is 1130. The maximum absolute atomic E-state index is 13.2. The van der Waals surface area contributed by atoms with Crippen LogP contribution in [0.3, 0.4) is 0 Å². The molecule has 1 aromatic rings. The number of hydrogen-bond donors (Lipinski definition) is 2. The highest BCUT2D eigenvalue weighted by atomic mass is 16.7. The first-order valence-corrected chi connectivity index (χ1v) is 12.8. The van der Waals surface area contributed by atoms with Gasteiger partial charge in [-0.2, -0.15) is 0 Å². The molecule has 1 saturated carbocycles. The molecule has 1 aromatic carbocycles. The first kappa shape index (κ1) is 21.7. The lowest BCUT2D eigenvalue weighted by molar-refractivity contribution is -0.187. The van der Waals surface area contributed by atoms with Crippen molar-refractivity contribution in [2.75, 3.05) is 0 Å². The molecule has 3 aliphatic heterocycles. The standard InChI is InChI=1S/C28H34O6/c1-14(19-13-25(2)27(4,34-25)24(30)32-19)15-7-9-17-16(12-15)8-10-18-21(17)22-23(33-22)28(31)11-5-6-20(29)26(18,28)3/h5-7,9,12,14,18-19,21-24,30-31H,8,10-11,13H2,1-4H3/t14-,18-,19+,21-,22?,23-,24+,25-,26-,27+,28?/m0/s1. The number of aliphatic hydroxyl groups excluding tert-OH is 1. The second kappa shape index (κ2) is 6.40. The highest BCUT2D eigenvalue weighted by Gasteiger charge is 2.75. The van der Waals surface area contributed by atoms with Crippen molar-refractivity contribution < 1.29 is 29.2 Å². The zero-order valence-electron chi connectivity index (χ0n) is 20.3. The summed E-state index contributed by atoms with van der Waals surface area (Å²) in [6.07, 6.45) is 5.14. The van der Waals surface area contributed by atoms with Crippen molar-refractivity contribution >= 4 is 5.78 Å². The van der Waals surface area contributed by atoms with Crippen LogP contribution >= 0.6 is 0 Å². The third-order valence-corrected chi connectivity index (χ3v) is 10.8. The molecule has 6 heteroatoms. The van der Waals surface area contributed by atoms with Crippen molar-refractivity contribution in [3.05, 3.63) is 47.0 Å². The van der Waals surface area contributed by atoms with Crippen molar-refractivity contribution in [1.82, 2.24) is 0 Å². The topological polar surface area (TPSA) is 91.8 Å². The first-order valence-electron chi connectivity index (χ1n) is 12.8. The SMILES string of the molecule is C[C@@H](c1ccc2c(c1)CC[C@H]1[C@H]2C2O[C@@H]2C2(O)CC=CC(=O)[C@]12C)[C@H]1C[C@]2(C)O[C@]2(C)[C@H](O)O1. The predicted octanol–water partition coefficient (Wildman–Crippen LogP) is 3.14. The van der Waals surface area contributed by atoms with Crippen LogP contribution in [0.4, 0.5) is 0 Å². The van der Waals surface area contributed by atoms with Crippen LogP contribution in [-0.2, 0) is 25.4 Å². The molecule has 3 saturated heterocycles. The summed E-state index contributed by atoms with van der Waals surface area (Å²) in [4.78, 5) is 13.2. The quantitative estimate of drug-likeness (QED) is 0.651. The molecule has 4 fully saturated rings. The lowest BCUT2D eigenvalue weighted by Gasteiger charge is -2.55. The van der Waals surface area contributed by atoms with Gasteiger partial charge in [-0.3, -0.25) is 4.79 Å². The zero-order chi connectivity index (χ0) is 23.8. The fourth-order valence-corrected chi connectivity index (χ4v) is 8.09. The molecule has 6 aliphatic rings. The van der Waals surface area contributed by atoms with E-state index in [0.29, 0.717) is 6.42 Å². The number of aryl methyl sites for hydroxylation is 1. The Labute approximate surface area is 200 Å². The Morgan fingerprint density at radius 1 is 1.18 bits per heavy atom. The van der Waals surface area contributed by atoms with E-state index in [0.717, 1.165) is 19.3 Å². The molecule has 0 aromatic heterocycles. The van der Waals surface area contributed by atoms with Crippen molar-refractivity contribution in [2.24, 2.45) is 11.3 Å². The number of allylic oxidation sites excluding steroid dienone is 1. The largest absolute Gasteiger partial charge is 0.386 e. The molecule has 2 unspecified atom stereocenters. The summed E-state index contributed by atoms with van der Waals surface area (Å²) in [6, 6.07) is 6.68. The Hall–Kier alpha value is -1.57. The van der Waals surface area contributed by atoms with Gasteiger partial charge in [0.05, 0.1) is 17.6 Å². The molecular formula is C28H34O6. The van der Waals surface area contributed by atoms with Gasteiger partial charge in [0.1, 0.15) is 22.9 Å². The number of rotatable bonds is 2. The van der Waals surface area contributed by atoms with Gasteiger partial charge in [0.25, 0.3) is 0 Å². The molecule has 34 heavy (non-hydrogen) atoms. The maximum atomic E-state index is 13.2. The number of benzene rings is 1. The smallest absolute Gasteiger partial charge is 0.186 e. The van der Waals surface area contributed by atoms with Crippen LogP contribution in [0.1, 0.15) is 75.5 Å². The number of ketones is 1. The summed E-state index contributed by atoms with van der Waals surface area (Å²) in [7, 11) is 0. The van der Waals surface area contributed by atoms with Crippen molar-refractivity contribution in [1.29, 1.82) is 0 Å². The molecule has 6 nitrogen and oxygen atoms in total. The van der Waals surface area contributed by atoms with Gasteiger partial charge in [-0.25, -0.2) is 0 Å². The van der Waals surface area contributed by atoms with Crippen LogP contribution in [-0.4, -0.2) is 57.4 Å². The summed E-state index contributed by atoms with van der Waals surface area (Å²) in [5.74, 6) is 0.351. The van der Waals surface area contributed by atoms with Gasteiger partial charge in [-0.15, -0.1) is 0 Å². The minimum Gasteiger partial charge on any atom is -0.386 e. The molecule has 0 spiro atoms. The van der Waals surface area contributed by atoms with Crippen molar-refractivity contribution in [2.45, 2.75) is 107 Å².